The lowest BCUT2D eigenvalue weighted by atomic mass is 9.84. The summed E-state index contributed by atoms with van der Waals surface area (Å²) in [6.07, 6.45) is 6.36. The van der Waals surface area contributed by atoms with Crippen molar-refractivity contribution in [2.24, 2.45) is 5.41 Å². The summed E-state index contributed by atoms with van der Waals surface area (Å²) in [7, 11) is -3.11. The zero-order valence-electron chi connectivity index (χ0n) is 9.97. The van der Waals surface area contributed by atoms with E-state index in [4.69, 9.17) is 11.6 Å². The van der Waals surface area contributed by atoms with Crippen molar-refractivity contribution in [3.8, 4) is 0 Å². The van der Waals surface area contributed by atoms with Crippen LogP contribution in [0.5, 0.6) is 0 Å². The van der Waals surface area contributed by atoms with Crippen LogP contribution in [0.25, 0.3) is 0 Å². The third kappa shape index (κ3) is 4.22. The fourth-order valence-corrected chi connectivity index (χ4v) is 3.85. The normalized spacial score (nSPS) is 20.1. The molecule has 5 heteroatoms. The van der Waals surface area contributed by atoms with Crippen LogP contribution >= 0.6 is 11.6 Å². The van der Waals surface area contributed by atoms with Gasteiger partial charge in [-0.1, -0.05) is 19.8 Å². The molecule has 96 valence electrons. The average molecular weight is 268 g/mol. The van der Waals surface area contributed by atoms with E-state index in [9.17, 15) is 8.42 Å². The Morgan fingerprint density at radius 2 is 1.94 bits per heavy atom. The Labute approximate surface area is 104 Å². The molecule has 1 saturated carbocycles. The van der Waals surface area contributed by atoms with E-state index in [0.29, 0.717) is 18.8 Å². The third-order valence-corrected chi connectivity index (χ3v) is 5.31. The molecule has 0 saturated heterocycles. The molecule has 1 fully saturated rings. The Morgan fingerprint density at radius 3 is 2.44 bits per heavy atom. The maximum Gasteiger partial charge on any atom is 0.211 e. The smallest absolute Gasteiger partial charge is 0.211 e. The SMILES string of the molecule is CCC1(CNS(=O)(=O)CCCCl)CCCC1. The highest BCUT2D eigenvalue weighted by atomic mass is 35.5. The van der Waals surface area contributed by atoms with Gasteiger partial charge >= 0.3 is 0 Å². The lowest BCUT2D eigenvalue weighted by molar-refractivity contribution is 0.285. The average Bonchev–Trinajstić information content (AvgIpc) is 2.74. The van der Waals surface area contributed by atoms with Crippen molar-refractivity contribution < 1.29 is 8.42 Å². The maximum absolute atomic E-state index is 11.6. The van der Waals surface area contributed by atoms with Crippen LogP contribution in [0.15, 0.2) is 0 Å². The van der Waals surface area contributed by atoms with E-state index in [1.165, 1.54) is 12.8 Å². The zero-order valence-corrected chi connectivity index (χ0v) is 11.5. The van der Waals surface area contributed by atoms with Crippen molar-refractivity contribution in [2.45, 2.75) is 45.4 Å². The van der Waals surface area contributed by atoms with Crippen LogP contribution in [-0.4, -0.2) is 26.6 Å². The minimum atomic E-state index is -3.11. The fourth-order valence-electron chi connectivity index (χ4n) is 2.36. The van der Waals surface area contributed by atoms with Crippen LogP contribution in [-0.2, 0) is 10.0 Å². The molecule has 0 atom stereocenters. The Balaban J connectivity index is 2.43. The molecule has 0 amide bonds. The summed E-state index contributed by atoms with van der Waals surface area (Å²) in [4.78, 5) is 0. The molecule has 0 aromatic heterocycles. The Kier molecular flexibility index (Phi) is 5.54. The zero-order chi connectivity index (χ0) is 12.1. The predicted molar refractivity (Wildman–Crippen MR) is 68.3 cm³/mol. The molecule has 0 aromatic carbocycles. The minimum Gasteiger partial charge on any atom is -0.215 e. The molecule has 0 radical (unpaired) electrons. The summed E-state index contributed by atoms with van der Waals surface area (Å²) in [6.45, 7) is 2.76. The van der Waals surface area contributed by atoms with Gasteiger partial charge in [-0.2, -0.15) is 0 Å². The van der Waals surface area contributed by atoms with Gasteiger partial charge in [0, 0.05) is 12.4 Å². The molecule has 16 heavy (non-hydrogen) atoms. The van der Waals surface area contributed by atoms with Crippen LogP contribution < -0.4 is 4.72 Å². The number of alkyl halides is 1. The summed E-state index contributed by atoms with van der Waals surface area (Å²) in [5.41, 5.74) is 0.216. The molecule has 0 aromatic rings. The van der Waals surface area contributed by atoms with Crippen molar-refractivity contribution in [1.82, 2.24) is 4.72 Å². The highest BCUT2D eigenvalue weighted by Crippen LogP contribution is 2.40. The summed E-state index contributed by atoms with van der Waals surface area (Å²) >= 11 is 5.50. The lowest BCUT2D eigenvalue weighted by Gasteiger charge is -2.27. The highest BCUT2D eigenvalue weighted by Gasteiger charge is 2.32. The van der Waals surface area contributed by atoms with Crippen LogP contribution in [0.4, 0.5) is 0 Å². The number of halogens is 1. The van der Waals surface area contributed by atoms with Gasteiger partial charge in [0.05, 0.1) is 5.75 Å². The Morgan fingerprint density at radius 1 is 1.31 bits per heavy atom. The first-order valence-electron chi connectivity index (χ1n) is 6.07. The summed E-state index contributed by atoms with van der Waals surface area (Å²) in [5, 5.41) is 0. The molecule has 0 bridgehead atoms. The molecule has 0 unspecified atom stereocenters. The molecule has 0 heterocycles. The van der Waals surface area contributed by atoms with Crippen LogP contribution in [0.1, 0.15) is 45.4 Å². The number of hydrogen-bond donors (Lipinski definition) is 1. The second kappa shape index (κ2) is 6.22. The van der Waals surface area contributed by atoms with E-state index in [-0.39, 0.29) is 11.2 Å². The van der Waals surface area contributed by atoms with E-state index in [0.717, 1.165) is 19.3 Å². The van der Waals surface area contributed by atoms with Crippen molar-refractivity contribution in [2.75, 3.05) is 18.2 Å². The topological polar surface area (TPSA) is 46.2 Å². The molecule has 1 rings (SSSR count). The quantitative estimate of drug-likeness (QED) is 0.721. The summed E-state index contributed by atoms with van der Waals surface area (Å²) in [6, 6.07) is 0. The van der Waals surface area contributed by atoms with Gasteiger partial charge in [0.2, 0.25) is 10.0 Å². The van der Waals surface area contributed by atoms with Gasteiger partial charge in [0.25, 0.3) is 0 Å². The monoisotopic (exact) mass is 267 g/mol. The molecule has 3 nitrogen and oxygen atoms in total. The van der Waals surface area contributed by atoms with Gasteiger partial charge in [-0.25, -0.2) is 13.1 Å². The highest BCUT2D eigenvalue weighted by molar-refractivity contribution is 7.89. The van der Waals surface area contributed by atoms with Gasteiger partial charge in [-0.15, -0.1) is 11.6 Å². The van der Waals surface area contributed by atoms with E-state index in [2.05, 4.69) is 11.6 Å². The number of rotatable bonds is 7. The van der Waals surface area contributed by atoms with Crippen LogP contribution in [0, 0.1) is 5.41 Å². The maximum atomic E-state index is 11.6. The van der Waals surface area contributed by atoms with Crippen molar-refractivity contribution in [3.63, 3.8) is 0 Å². The van der Waals surface area contributed by atoms with E-state index >= 15 is 0 Å². The summed E-state index contributed by atoms with van der Waals surface area (Å²) < 4.78 is 26.0. The van der Waals surface area contributed by atoms with E-state index in [1.54, 1.807) is 0 Å². The number of hydrogen-bond acceptors (Lipinski definition) is 2. The Hall–Kier alpha value is 0.200. The van der Waals surface area contributed by atoms with Crippen molar-refractivity contribution in [3.05, 3.63) is 0 Å². The number of sulfonamides is 1. The van der Waals surface area contributed by atoms with Crippen molar-refractivity contribution in [1.29, 1.82) is 0 Å². The molecule has 0 spiro atoms. The summed E-state index contributed by atoms with van der Waals surface area (Å²) in [5.74, 6) is 0.552. The molecule has 1 N–H and O–H groups in total. The fraction of sp³-hybridized carbons (Fsp3) is 1.00. The predicted octanol–water partition coefficient (Wildman–Crippen LogP) is 2.51. The van der Waals surface area contributed by atoms with Gasteiger partial charge in [0.15, 0.2) is 0 Å². The molecule has 0 aliphatic heterocycles. The minimum absolute atomic E-state index is 0.149. The van der Waals surface area contributed by atoms with Gasteiger partial charge in [-0.05, 0) is 31.1 Å². The largest absolute Gasteiger partial charge is 0.215 e. The standard InChI is InChI=1S/C11H22ClNO2S/c1-2-11(6-3-4-7-11)10-13-16(14,15)9-5-8-12/h13H,2-10H2,1H3. The van der Waals surface area contributed by atoms with E-state index < -0.39 is 10.0 Å². The van der Waals surface area contributed by atoms with Crippen molar-refractivity contribution >= 4 is 21.6 Å². The molecular weight excluding hydrogens is 246 g/mol. The third-order valence-electron chi connectivity index (χ3n) is 3.63. The van der Waals surface area contributed by atoms with Gasteiger partial charge < -0.3 is 0 Å². The van der Waals surface area contributed by atoms with Crippen LogP contribution in [0.3, 0.4) is 0 Å². The Bertz CT molecular complexity index is 297. The lowest BCUT2D eigenvalue weighted by Crippen LogP contribution is -2.36. The van der Waals surface area contributed by atoms with Gasteiger partial charge in [0.1, 0.15) is 0 Å². The van der Waals surface area contributed by atoms with E-state index in [1.807, 2.05) is 0 Å². The first-order valence-corrected chi connectivity index (χ1v) is 8.26. The second-order valence-corrected chi connectivity index (χ2v) is 7.05. The molecular formula is C11H22ClNO2S. The van der Waals surface area contributed by atoms with Crippen LogP contribution in [0.2, 0.25) is 0 Å². The second-order valence-electron chi connectivity index (χ2n) is 4.74. The van der Waals surface area contributed by atoms with Gasteiger partial charge in [-0.3, -0.25) is 0 Å². The molecule has 1 aliphatic rings. The molecule has 1 aliphatic carbocycles. The first-order chi connectivity index (χ1) is 7.54. The first kappa shape index (κ1) is 14.3. The number of nitrogens with one attached hydrogen (secondary N) is 1.